The summed E-state index contributed by atoms with van der Waals surface area (Å²) in [4.78, 5) is 12.6. The van der Waals surface area contributed by atoms with Gasteiger partial charge < -0.3 is 15.4 Å². The summed E-state index contributed by atoms with van der Waals surface area (Å²) in [6.45, 7) is 5.47. The van der Waals surface area contributed by atoms with Crippen molar-refractivity contribution in [1.82, 2.24) is 5.32 Å². The Morgan fingerprint density at radius 3 is 2.95 bits per heavy atom. The van der Waals surface area contributed by atoms with E-state index in [9.17, 15) is 4.79 Å². The zero-order valence-corrected chi connectivity index (χ0v) is 12.7. The number of para-hydroxylation sites is 1. The van der Waals surface area contributed by atoms with Crippen molar-refractivity contribution in [3.63, 3.8) is 0 Å². The van der Waals surface area contributed by atoms with Gasteiger partial charge in [-0.25, -0.2) is 0 Å². The molecule has 114 valence electrons. The summed E-state index contributed by atoms with van der Waals surface area (Å²) in [6, 6.07) is 8.12. The van der Waals surface area contributed by atoms with Crippen molar-refractivity contribution in [3.05, 3.63) is 29.8 Å². The predicted molar refractivity (Wildman–Crippen MR) is 83.5 cm³/mol. The van der Waals surface area contributed by atoms with Crippen molar-refractivity contribution >= 4 is 11.6 Å². The monoisotopic (exact) mass is 288 g/mol. The highest BCUT2D eigenvalue weighted by atomic mass is 16.5. The second kappa shape index (κ2) is 6.06. The maximum atomic E-state index is 12.6. The van der Waals surface area contributed by atoms with Crippen LogP contribution in [0.3, 0.4) is 0 Å². The van der Waals surface area contributed by atoms with Crippen LogP contribution in [-0.2, 0) is 9.53 Å². The minimum Gasteiger partial charge on any atom is -0.385 e. The van der Waals surface area contributed by atoms with Gasteiger partial charge in [0.1, 0.15) is 0 Å². The van der Waals surface area contributed by atoms with Crippen LogP contribution < -0.4 is 10.6 Å². The molecule has 21 heavy (non-hydrogen) atoms. The number of hydrogen-bond donors (Lipinski definition) is 2. The number of fused-ring (bicyclic) bond motifs is 1. The molecule has 1 aromatic rings. The number of nitrogens with one attached hydrogen (secondary N) is 2. The quantitative estimate of drug-likeness (QED) is 0.898. The van der Waals surface area contributed by atoms with Gasteiger partial charge >= 0.3 is 0 Å². The molecular weight excluding hydrogens is 264 g/mol. The topological polar surface area (TPSA) is 50.4 Å². The fourth-order valence-electron chi connectivity index (χ4n) is 3.21. The summed E-state index contributed by atoms with van der Waals surface area (Å²) in [5.74, 6) is 0.141. The van der Waals surface area contributed by atoms with Gasteiger partial charge in [0.2, 0.25) is 5.91 Å². The van der Waals surface area contributed by atoms with E-state index < -0.39 is 0 Å². The highest BCUT2D eigenvalue weighted by Gasteiger charge is 2.30. The SMILES string of the molecule is CC1(CNC(=O)C2CCNc3ccccc32)CCOCC1. The van der Waals surface area contributed by atoms with E-state index in [-0.39, 0.29) is 17.2 Å². The summed E-state index contributed by atoms with van der Waals surface area (Å²) < 4.78 is 5.41. The van der Waals surface area contributed by atoms with Crippen LogP contribution in [0, 0.1) is 5.41 Å². The lowest BCUT2D eigenvalue weighted by Crippen LogP contribution is -2.42. The molecule has 0 aromatic heterocycles. The molecule has 1 saturated heterocycles. The Bertz CT molecular complexity index is 509. The Kier molecular flexibility index (Phi) is 4.15. The normalized spacial score (nSPS) is 23.8. The van der Waals surface area contributed by atoms with E-state index in [0.717, 1.165) is 56.8 Å². The molecule has 0 spiro atoms. The van der Waals surface area contributed by atoms with Crippen LogP contribution in [0.2, 0.25) is 0 Å². The van der Waals surface area contributed by atoms with Crippen molar-refractivity contribution in [1.29, 1.82) is 0 Å². The van der Waals surface area contributed by atoms with Crippen LogP contribution >= 0.6 is 0 Å². The van der Waals surface area contributed by atoms with Gasteiger partial charge in [-0.3, -0.25) is 4.79 Å². The first-order valence-electron chi connectivity index (χ1n) is 7.86. The Morgan fingerprint density at radius 2 is 2.14 bits per heavy atom. The second-order valence-corrected chi connectivity index (χ2v) is 6.50. The third kappa shape index (κ3) is 3.21. The third-order valence-electron chi connectivity index (χ3n) is 4.79. The molecule has 2 N–H and O–H groups in total. The van der Waals surface area contributed by atoms with Gasteiger partial charge in [0.15, 0.2) is 0 Å². The largest absolute Gasteiger partial charge is 0.385 e. The van der Waals surface area contributed by atoms with Crippen molar-refractivity contribution in [3.8, 4) is 0 Å². The number of hydrogen-bond acceptors (Lipinski definition) is 3. The van der Waals surface area contributed by atoms with Crippen LogP contribution in [0.5, 0.6) is 0 Å². The van der Waals surface area contributed by atoms with Crippen LogP contribution in [0.4, 0.5) is 5.69 Å². The Balaban J connectivity index is 1.64. The van der Waals surface area contributed by atoms with Crippen molar-refractivity contribution in [2.24, 2.45) is 5.41 Å². The Labute approximate surface area is 126 Å². The van der Waals surface area contributed by atoms with Crippen LogP contribution in [-0.4, -0.2) is 32.2 Å². The van der Waals surface area contributed by atoms with Gasteiger partial charge in [0.05, 0.1) is 5.92 Å². The van der Waals surface area contributed by atoms with Gasteiger partial charge in [0.25, 0.3) is 0 Å². The van der Waals surface area contributed by atoms with Crippen molar-refractivity contribution in [2.75, 3.05) is 31.6 Å². The van der Waals surface area contributed by atoms with E-state index in [0.29, 0.717) is 0 Å². The summed E-state index contributed by atoms with van der Waals surface area (Å²) in [5.41, 5.74) is 2.40. The van der Waals surface area contributed by atoms with Gasteiger partial charge in [-0.15, -0.1) is 0 Å². The number of amides is 1. The number of carbonyl (C=O) groups is 1. The average molecular weight is 288 g/mol. The van der Waals surface area contributed by atoms with Crippen molar-refractivity contribution < 1.29 is 9.53 Å². The molecule has 0 aliphatic carbocycles. The molecule has 2 aliphatic rings. The second-order valence-electron chi connectivity index (χ2n) is 6.50. The lowest BCUT2D eigenvalue weighted by Gasteiger charge is -2.34. The first-order chi connectivity index (χ1) is 10.2. The predicted octanol–water partition coefficient (Wildman–Crippen LogP) is 2.52. The van der Waals surface area contributed by atoms with Crippen LogP contribution in [0.25, 0.3) is 0 Å². The number of carbonyl (C=O) groups excluding carboxylic acids is 1. The minimum atomic E-state index is -0.0223. The molecule has 2 aliphatic heterocycles. The molecule has 2 heterocycles. The molecule has 1 unspecified atom stereocenters. The molecular formula is C17H24N2O2. The minimum absolute atomic E-state index is 0.0223. The highest BCUT2D eigenvalue weighted by molar-refractivity contribution is 5.86. The molecule has 4 heteroatoms. The maximum Gasteiger partial charge on any atom is 0.227 e. The van der Waals surface area contributed by atoms with Gasteiger partial charge in [-0.2, -0.15) is 0 Å². The highest BCUT2D eigenvalue weighted by Crippen LogP contribution is 2.32. The van der Waals surface area contributed by atoms with E-state index in [2.05, 4.69) is 29.7 Å². The van der Waals surface area contributed by atoms with Gasteiger partial charge in [-0.05, 0) is 36.3 Å². The van der Waals surface area contributed by atoms with Crippen LogP contribution in [0.1, 0.15) is 37.7 Å². The molecule has 3 rings (SSSR count). The fraction of sp³-hybridized carbons (Fsp3) is 0.588. The van der Waals surface area contributed by atoms with Crippen LogP contribution in [0.15, 0.2) is 24.3 Å². The average Bonchev–Trinajstić information content (AvgIpc) is 2.53. The first kappa shape index (κ1) is 14.4. The number of benzene rings is 1. The van der Waals surface area contributed by atoms with Gasteiger partial charge in [0, 0.05) is 32.0 Å². The molecule has 4 nitrogen and oxygen atoms in total. The molecule has 0 bridgehead atoms. The molecule has 1 amide bonds. The van der Waals surface area contributed by atoms with E-state index in [1.54, 1.807) is 0 Å². The summed E-state index contributed by atoms with van der Waals surface area (Å²) in [7, 11) is 0. The summed E-state index contributed by atoms with van der Waals surface area (Å²) in [5, 5.41) is 6.55. The van der Waals surface area contributed by atoms with E-state index >= 15 is 0 Å². The Hall–Kier alpha value is -1.55. The summed E-state index contributed by atoms with van der Waals surface area (Å²) >= 11 is 0. The number of anilines is 1. The molecule has 1 atom stereocenters. The smallest absolute Gasteiger partial charge is 0.227 e. The molecule has 0 radical (unpaired) electrons. The summed E-state index contributed by atoms with van der Waals surface area (Å²) in [6.07, 6.45) is 2.91. The lowest BCUT2D eigenvalue weighted by atomic mass is 9.82. The Morgan fingerprint density at radius 1 is 1.38 bits per heavy atom. The van der Waals surface area contributed by atoms with Crippen molar-refractivity contribution in [2.45, 2.75) is 32.1 Å². The fourth-order valence-corrected chi connectivity index (χ4v) is 3.21. The maximum absolute atomic E-state index is 12.6. The zero-order chi connectivity index (χ0) is 14.7. The standard InChI is InChI=1S/C17H24N2O2/c1-17(7-10-21-11-8-17)12-19-16(20)14-6-9-18-15-5-3-2-4-13(14)15/h2-5,14,18H,6-12H2,1H3,(H,19,20). The van der Waals surface area contributed by atoms with Gasteiger partial charge in [-0.1, -0.05) is 25.1 Å². The molecule has 1 fully saturated rings. The van der Waals surface area contributed by atoms with E-state index in [1.807, 2.05) is 12.1 Å². The number of ether oxygens (including phenoxy) is 1. The lowest BCUT2D eigenvalue weighted by molar-refractivity contribution is -0.123. The third-order valence-corrected chi connectivity index (χ3v) is 4.79. The zero-order valence-electron chi connectivity index (χ0n) is 12.7. The first-order valence-corrected chi connectivity index (χ1v) is 7.86. The van der Waals surface area contributed by atoms with E-state index in [4.69, 9.17) is 4.74 Å². The molecule has 1 aromatic carbocycles. The van der Waals surface area contributed by atoms with E-state index in [1.165, 1.54) is 0 Å². The molecule has 0 saturated carbocycles. The number of rotatable bonds is 3.